The van der Waals surface area contributed by atoms with Gasteiger partial charge in [0.1, 0.15) is 5.82 Å². The van der Waals surface area contributed by atoms with Crippen LogP contribution in [-0.4, -0.2) is 24.6 Å². The van der Waals surface area contributed by atoms with Gasteiger partial charge in [0.05, 0.1) is 17.5 Å². The molecule has 2 N–H and O–H groups in total. The van der Waals surface area contributed by atoms with Gasteiger partial charge in [0.2, 0.25) is 5.95 Å². The molecule has 0 saturated heterocycles. The molecule has 3 heterocycles. The number of nitrogens with one attached hydrogen (secondary N) is 2. The molecule has 0 spiro atoms. The molecule has 146 valence electrons. The molecule has 3 aromatic heterocycles. The molecule has 29 heavy (non-hydrogen) atoms. The molecule has 5 rings (SSSR count). The lowest BCUT2D eigenvalue weighted by Crippen LogP contribution is -2.23. The lowest BCUT2D eigenvalue weighted by Gasteiger charge is -2.08. The summed E-state index contributed by atoms with van der Waals surface area (Å²) in [4.78, 5) is 32.1. The maximum absolute atomic E-state index is 14.2. The Morgan fingerprint density at radius 2 is 2.00 bits per heavy atom. The number of hydrogen-bond acceptors (Lipinski definition) is 4. The van der Waals surface area contributed by atoms with Gasteiger partial charge >= 0.3 is 5.69 Å². The Morgan fingerprint density at radius 1 is 1.17 bits per heavy atom. The largest absolute Gasteiger partial charge is 0.325 e. The van der Waals surface area contributed by atoms with Crippen molar-refractivity contribution in [2.75, 3.05) is 0 Å². The highest BCUT2D eigenvalue weighted by Crippen LogP contribution is 2.55. The minimum Gasteiger partial charge on any atom is -0.313 e. The molecule has 1 aliphatic carbocycles. The second-order valence-corrected chi connectivity index (χ2v) is 7.24. The van der Waals surface area contributed by atoms with Crippen molar-refractivity contribution in [3.63, 3.8) is 0 Å². The van der Waals surface area contributed by atoms with Gasteiger partial charge in [-0.25, -0.2) is 14.2 Å². The van der Waals surface area contributed by atoms with E-state index in [1.54, 1.807) is 19.1 Å². The second kappa shape index (κ2) is 6.20. The number of imidazole rings is 1. The van der Waals surface area contributed by atoms with Gasteiger partial charge in [0, 0.05) is 11.8 Å². The van der Waals surface area contributed by atoms with Crippen LogP contribution >= 0.6 is 0 Å². The van der Waals surface area contributed by atoms with Gasteiger partial charge in [-0.2, -0.15) is 14.0 Å². The van der Waals surface area contributed by atoms with Crippen LogP contribution in [0.3, 0.4) is 0 Å². The van der Waals surface area contributed by atoms with Crippen molar-refractivity contribution in [3.8, 4) is 11.3 Å². The first-order chi connectivity index (χ1) is 13.9. The van der Waals surface area contributed by atoms with E-state index in [9.17, 15) is 18.4 Å². The molecular formula is C20H15F2N5O2. The lowest BCUT2D eigenvalue weighted by atomic mass is 10.0. The summed E-state index contributed by atoms with van der Waals surface area (Å²) in [5.41, 5.74) is 1.57. The average molecular weight is 395 g/mol. The summed E-state index contributed by atoms with van der Waals surface area (Å²) in [7, 11) is 0. The molecule has 4 aromatic rings. The van der Waals surface area contributed by atoms with Crippen LogP contribution in [0.2, 0.25) is 0 Å². The first-order valence-corrected chi connectivity index (χ1v) is 9.05. The summed E-state index contributed by atoms with van der Waals surface area (Å²) in [5.74, 6) is -0.870. The lowest BCUT2D eigenvalue weighted by molar-refractivity contribution is 0.549. The molecule has 1 saturated carbocycles. The van der Waals surface area contributed by atoms with Crippen molar-refractivity contribution in [2.24, 2.45) is 0 Å². The number of rotatable bonds is 3. The standard InChI is InChI=1S/C20H15F2N5O2/c1-9-2-3-10(4-15(9)21)11-5-12(11)13-6-16(14-7-24-20(29)25-19(14)28)26-27-17(22)8-23-18(13)27/h2-4,6-8,11-12H,5H2,1H3,(H2,24,25,28,29)/t11-,12+/m1/s1. The second-order valence-electron chi connectivity index (χ2n) is 7.24. The summed E-state index contributed by atoms with van der Waals surface area (Å²) < 4.78 is 29.2. The maximum Gasteiger partial charge on any atom is 0.325 e. The van der Waals surface area contributed by atoms with Crippen LogP contribution in [0.1, 0.15) is 34.9 Å². The van der Waals surface area contributed by atoms with Crippen LogP contribution in [0.15, 0.2) is 46.2 Å². The Kier molecular flexibility index (Phi) is 3.73. The van der Waals surface area contributed by atoms with Gasteiger partial charge in [0.25, 0.3) is 5.56 Å². The zero-order valence-corrected chi connectivity index (χ0v) is 15.2. The topological polar surface area (TPSA) is 95.9 Å². The van der Waals surface area contributed by atoms with E-state index in [1.165, 1.54) is 12.3 Å². The molecule has 0 aliphatic heterocycles. The van der Waals surface area contributed by atoms with Crippen LogP contribution in [0, 0.1) is 18.7 Å². The van der Waals surface area contributed by atoms with E-state index in [1.807, 2.05) is 6.07 Å². The zero-order chi connectivity index (χ0) is 20.3. The molecular weight excluding hydrogens is 380 g/mol. The van der Waals surface area contributed by atoms with Crippen LogP contribution in [0.4, 0.5) is 8.78 Å². The Morgan fingerprint density at radius 3 is 2.76 bits per heavy atom. The Bertz CT molecular complexity index is 1390. The van der Waals surface area contributed by atoms with Crippen molar-refractivity contribution >= 4 is 5.65 Å². The summed E-state index contributed by atoms with van der Waals surface area (Å²) >= 11 is 0. The van der Waals surface area contributed by atoms with E-state index >= 15 is 0 Å². The van der Waals surface area contributed by atoms with Gasteiger partial charge in [-0.05, 0) is 48.4 Å². The third-order valence-corrected chi connectivity index (χ3v) is 5.36. The summed E-state index contributed by atoms with van der Waals surface area (Å²) in [6.45, 7) is 1.71. The summed E-state index contributed by atoms with van der Waals surface area (Å²) in [6.07, 6.45) is 3.06. The monoisotopic (exact) mass is 395 g/mol. The molecule has 0 unspecified atom stereocenters. The number of hydrogen-bond donors (Lipinski definition) is 2. The maximum atomic E-state index is 14.2. The first kappa shape index (κ1) is 17.5. The Balaban J connectivity index is 1.63. The molecule has 0 bridgehead atoms. The minimum absolute atomic E-state index is 0.00926. The van der Waals surface area contributed by atoms with E-state index in [2.05, 4.69) is 20.1 Å². The highest BCUT2D eigenvalue weighted by atomic mass is 19.1. The minimum atomic E-state index is -0.664. The fraction of sp³-hybridized carbons (Fsp3) is 0.200. The third-order valence-electron chi connectivity index (χ3n) is 5.36. The molecule has 1 aromatic carbocycles. The molecule has 0 radical (unpaired) electrons. The molecule has 1 aliphatic rings. The van der Waals surface area contributed by atoms with Crippen LogP contribution in [-0.2, 0) is 0 Å². The fourth-order valence-corrected chi connectivity index (χ4v) is 3.72. The number of benzene rings is 1. The van der Waals surface area contributed by atoms with E-state index in [0.29, 0.717) is 11.2 Å². The van der Waals surface area contributed by atoms with Gasteiger partial charge in [-0.15, -0.1) is 0 Å². The van der Waals surface area contributed by atoms with Crippen LogP contribution < -0.4 is 11.2 Å². The summed E-state index contributed by atoms with van der Waals surface area (Å²) in [5, 5.41) is 4.17. The normalized spacial score (nSPS) is 18.3. The van der Waals surface area contributed by atoms with Crippen molar-refractivity contribution in [2.45, 2.75) is 25.2 Å². The fourth-order valence-electron chi connectivity index (χ4n) is 3.72. The number of H-pyrrole nitrogens is 2. The number of aromatic nitrogens is 5. The van der Waals surface area contributed by atoms with Gasteiger partial charge in [-0.3, -0.25) is 9.78 Å². The van der Waals surface area contributed by atoms with E-state index < -0.39 is 17.2 Å². The number of halogens is 2. The molecule has 2 atom stereocenters. The van der Waals surface area contributed by atoms with Gasteiger partial charge < -0.3 is 4.98 Å². The molecule has 0 amide bonds. The number of aromatic amines is 2. The Hall–Kier alpha value is -3.62. The van der Waals surface area contributed by atoms with Gasteiger partial charge in [0.15, 0.2) is 5.65 Å². The predicted octanol–water partition coefficient (Wildman–Crippen LogP) is 2.63. The van der Waals surface area contributed by atoms with Gasteiger partial charge in [-0.1, -0.05) is 12.1 Å². The number of aryl methyl sites for hydroxylation is 1. The van der Waals surface area contributed by atoms with E-state index in [-0.39, 0.29) is 28.9 Å². The van der Waals surface area contributed by atoms with Crippen molar-refractivity contribution in [1.29, 1.82) is 0 Å². The first-order valence-electron chi connectivity index (χ1n) is 9.05. The van der Waals surface area contributed by atoms with Crippen molar-refractivity contribution in [3.05, 3.63) is 86.0 Å². The average Bonchev–Trinajstić information content (AvgIpc) is 3.40. The third kappa shape index (κ3) is 2.86. The highest BCUT2D eigenvalue weighted by Gasteiger charge is 2.42. The van der Waals surface area contributed by atoms with Crippen LogP contribution in [0.25, 0.3) is 16.9 Å². The number of nitrogens with zero attached hydrogens (tertiary/aromatic N) is 3. The van der Waals surface area contributed by atoms with Crippen LogP contribution in [0.5, 0.6) is 0 Å². The Labute approximate surface area is 162 Å². The molecule has 1 fully saturated rings. The quantitative estimate of drug-likeness (QED) is 0.557. The van der Waals surface area contributed by atoms with E-state index in [0.717, 1.165) is 28.3 Å². The summed E-state index contributed by atoms with van der Waals surface area (Å²) in [6, 6.07) is 6.84. The zero-order valence-electron chi connectivity index (χ0n) is 15.2. The highest BCUT2D eigenvalue weighted by molar-refractivity contribution is 5.63. The van der Waals surface area contributed by atoms with Crippen molar-refractivity contribution < 1.29 is 8.78 Å². The molecule has 9 heteroatoms. The van der Waals surface area contributed by atoms with E-state index in [4.69, 9.17) is 0 Å². The smallest absolute Gasteiger partial charge is 0.313 e. The van der Waals surface area contributed by atoms with Crippen molar-refractivity contribution in [1.82, 2.24) is 24.6 Å². The SMILES string of the molecule is Cc1ccc([C@H]2C[C@@H]2c2cc(-c3c[nH]c(=O)[nH]c3=O)nn3c(F)cnc23)cc1F. The predicted molar refractivity (Wildman–Crippen MR) is 101 cm³/mol. The number of fused-ring (bicyclic) bond motifs is 1. The molecule has 7 nitrogen and oxygen atoms in total.